The molecule has 3 atom stereocenters. The van der Waals surface area contributed by atoms with Gasteiger partial charge in [-0.3, -0.25) is 4.79 Å². The molecule has 2 aromatic carbocycles. The van der Waals surface area contributed by atoms with E-state index >= 15 is 0 Å². The number of amides is 1. The smallest absolute Gasteiger partial charge is 0.251 e. The first-order chi connectivity index (χ1) is 11.8. The molecule has 24 heavy (non-hydrogen) atoms. The van der Waals surface area contributed by atoms with E-state index in [0.717, 1.165) is 30.4 Å². The van der Waals surface area contributed by atoms with Gasteiger partial charge in [-0.2, -0.15) is 0 Å². The molecular weight excluding hydrogens is 300 g/mol. The molecule has 2 fully saturated rings. The summed E-state index contributed by atoms with van der Waals surface area (Å²) in [5, 5.41) is 3.18. The third kappa shape index (κ3) is 3.44. The van der Waals surface area contributed by atoms with Crippen LogP contribution in [0.15, 0.2) is 54.6 Å². The highest BCUT2D eigenvalue weighted by Crippen LogP contribution is 2.27. The minimum atomic E-state index is 0.00811. The van der Waals surface area contributed by atoms with Gasteiger partial charge in [-0.15, -0.1) is 0 Å². The first kappa shape index (κ1) is 15.2. The molecule has 2 heterocycles. The number of nitrogens with one attached hydrogen (secondary N) is 1. The minimum Gasteiger partial charge on any atom is -0.457 e. The average Bonchev–Trinajstić information content (AvgIpc) is 2.95. The third-order valence-corrected chi connectivity index (χ3v) is 4.90. The lowest BCUT2D eigenvalue weighted by Gasteiger charge is -2.30. The number of carbonyl (C=O) groups is 1. The summed E-state index contributed by atoms with van der Waals surface area (Å²) < 4.78 is 5.76. The maximum absolute atomic E-state index is 12.4. The third-order valence-electron chi connectivity index (χ3n) is 4.90. The summed E-state index contributed by atoms with van der Waals surface area (Å²) in [6.45, 7) is 3.37. The van der Waals surface area contributed by atoms with E-state index < -0.39 is 0 Å². The molecule has 1 amide bonds. The lowest BCUT2D eigenvalue weighted by molar-refractivity contribution is 0.0909. The summed E-state index contributed by atoms with van der Waals surface area (Å²) in [6, 6.07) is 17.3. The summed E-state index contributed by atoms with van der Waals surface area (Å²) in [5.41, 5.74) is 0.684. The maximum atomic E-state index is 12.4. The van der Waals surface area contributed by atoms with E-state index in [1.807, 2.05) is 54.6 Å². The van der Waals surface area contributed by atoms with Crippen molar-refractivity contribution in [2.24, 2.45) is 5.92 Å². The van der Waals surface area contributed by atoms with Gasteiger partial charge in [0.2, 0.25) is 0 Å². The maximum Gasteiger partial charge on any atom is 0.251 e. The van der Waals surface area contributed by atoms with Crippen LogP contribution in [0.4, 0.5) is 0 Å². The lowest BCUT2D eigenvalue weighted by atomic mass is 9.96. The van der Waals surface area contributed by atoms with E-state index in [4.69, 9.17) is 4.74 Å². The number of rotatable bonds is 4. The molecule has 4 rings (SSSR count). The molecule has 2 aliphatic rings. The zero-order valence-electron chi connectivity index (χ0n) is 13.7. The van der Waals surface area contributed by atoms with Crippen LogP contribution in [-0.4, -0.2) is 36.5 Å². The van der Waals surface area contributed by atoms with Gasteiger partial charge in [0, 0.05) is 24.7 Å². The van der Waals surface area contributed by atoms with Crippen molar-refractivity contribution in [1.82, 2.24) is 10.2 Å². The molecule has 2 saturated heterocycles. The summed E-state index contributed by atoms with van der Waals surface area (Å²) in [7, 11) is 0. The van der Waals surface area contributed by atoms with E-state index in [-0.39, 0.29) is 11.9 Å². The number of benzene rings is 2. The highest BCUT2D eigenvalue weighted by Gasteiger charge is 2.32. The first-order valence-corrected chi connectivity index (χ1v) is 8.62. The van der Waals surface area contributed by atoms with Gasteiger partial charge in [0.05, 0.1) is 0 Å². The minimum absolute atomic E-state index is 0.00811. The van der Waals surface area contributed by atoms with E-state index in [1.165, 1.54) is 19.5 Å². The van der Waals surface area contributed by atoms with Gasteiger partial charge < -0.3 is 15.0 Å². The Labute approximate surface area is 142 Å². The van der Waals surface area contributed by atoms with Crippen LogP contribution < -0.4 is 10.1 Å². The number of hydrogen-bond acceptors (Lipinski definition) is 3. The molecule has 4 nitrogen and oxygen atoms in total. The molecule has 4 heteroatoms. The Bertz CT molecular complexity index is 687. The molecule has 2 bridgehead atoms. The highest BCUT2D eigenvalue weighted by molar-refractivity contribution is 5.94. The van der Waals surface area contributed by atoms with Crippen LogP contribution in [0, 0.1) is 5.92 Å². The molecule has 0 radical (unpaired) electrons. The van der Waals surface area contributed by atoms with E-state index in [1.54, 1.807) is 0 Å². The van der Waals surface area contributed by atoms with Gasteiger partial charge in [0.25, 0.3) is 5.91 Å². The quantitative estimate of drug-likeness (QED) is 0.939. The zero-order chi connectivity index (χ0) is 16.4. The predicted molar refractivity (Wildman–Crippen MR) is 93.4 cm³/mol. The average molecular weight is 322 g/mol. The molecule has 0 saturated carbocycles. The van der Waals surface area contributed by atoms with Crippen LogP contribution in [0.1, 0.15) is 23.2 Å². The predicted octanol–water partition coefficient (Wildman–Crippen LogP) is 3.30. The standard InChI is InChI=1S/C20H22N2O2/c23-20(21-17-12-15-10-11-22(13-15)14-17)16-6-8-19(9-7-16)24-18-4-2-1-3-5-18/h1-9,15,17H,10-14H2,(H,21,23)/t15-,17-/m1/s1. The second-order valence-electron chi connectivity index (χ2n) is 6.76. The normalized spacial score (nSPS) is 25.2. The van der Waals surface area contributed by atoms with Gasteiger partial charge in [-0.05, 0) is 61.7 Å². The van der Waals surface area contributed by atoms with Crippen molar-refractivity contribution >= 4 is 5.91 Å². The van der Waals surface area contributed by atoms with Gasteiger partial charge in [-0.25, -0.2) is 0 Å². The molecular formula is C20H22N2O2. The fraction of sp³-hybridized carbons (Fsp3) is 0.350. The Morgan fingerprint density at radius 1 is 1.00 bits per heavy atom. The molecule has 2 aromatic rings. The summed E-state index contributed by atoms with van der Waals surface area (Å²) >= 11 is 0. The lowest BCUT2D eigenvalue weighted by Crippen LogP contribution is -2.46. The Kier molecular flexibility index (Phi) is 4.22. The van der Waals surface area contributed by atoms with E-state index in [2.05, 4.69) is 10.2 Å². The zero-order valence-corrected chi connectivity index (χ0v) is 13.7. The number of fused-ring (bicyclic) bond motifs is 2. The van der Waals surface area contributed by atoms with Crippen molar-refractivity contribution in [3.63, 3.8) is 0 Å². The Hall–Kier alpha value is -2.33. The number of hydrogen-bond donors (Lipinski definition) is 1. The molecule has 0 aromatic heterocycles. The van der Waals surface area contributed by atoms with Crippen LogP contribution in [0.5, 0.6) is 11.5 Å². The van der Waals surface area contributed by atoms with Gasteiger partial charge in [-0.1, -0.05) is 18.2 Å². The van der Waals surface area contributed by atoms with Gasteiger partial charge in [0.1, 0.15) is 11.5 Å². The fourth-order valence-electron chi connectivity index (χ4n) is 3.73. The molecule has 124 valence electrons. The van der Waals surface area contributed by atoms with Crippen LogP contribution in [0.3, 0.4) is 0 Å². The summed E-state index contributed by atoms with van der Waals surface area (Å²) in [4.78, 5) is 14.9. The molecule has 1 unspecified atom stereocenters. The van der Waals surface area contributed by atoms with Crippen molar-refractivity contribution in [2.45, 2.75) is 18.9 Å². The molecule has 0 aliphatic carbocycles. The Morgan fingerprint density at radius 3 is 2.50 bits per heavy atom. The SMILES string of the molecule is O=C(N[C@@H]1C[C@H]2CCN(C2)C1)c1ccc(Oc2ccccc2)cc1. The van der Waals surface area contributed by atoms with Crippen molar-refractivity contribution < 1.29 is 9.53 Å². The second kappa shape index (κ2) is 6.65. The number of ether oxygens (including phenoxy) is 1. The second-order valence-corrected chi connectivity index (χ2v) is 6.76. The number of para-hydroxylation sites is 1. The first-order valence-electron chi connectivity index (χ1n) is 8.62. The van der Waals surface area contributed by atoms with Gasteiger partial charge in [0.15, 0.2) is 0 Å². The van der Waals surface area contributed by atoms with Crippen LogP contribution in [0.25, 0.3) is 0 Å². The number of carbonyl (C=O) groups excluding carboxylic acids is 1. The fourth-order valence-corrected chi connectivity index (χ4v) is 3.73. The van der Waals surface area contributed by atoms with E-state index in [0.29, 0.717) is 5.56 Å². The topological polar surface area (TPSA) is 41.6 Å². The number of nitrogens with zero attached hydrogens (tertiary/aromatic N) is 1. The Morgan fingerprint density at radius 2 is 1.75 bits per heavy atom. The van der Waals surface area contributed by atoms with Crippen LogP contribution >= 0.6 is 0 Å². The summed E-state index contributed by atoms with van der Waals surface area (Å²) in [6.07, 6.45) is 2.38. The van der Waals surface area contributed by atoms with Crippen LogP contribution in [-0.2, 0) is 0 Å². The molecule has 1 N–H and O–H groups in total. The summed E-state index contributed by atoms with van der Waals surface area (Å²) in [5.74, 6) is 2.29. The monoisotopic (exact) mass is 322 g/mol. The van der Waals surface area contributed by atoms with Gasteiger partial charge >= 0.3 is 0 Å². The van der Waals surface area contributed by atoms with E-state index in [9.17, 15) is 4.79 Å². The van der Waals surface area contributed by atoms with Crippen molar-refractivity contribution in [3.05, 3.63) is 60.2 Å². The van der Waals surface area contributed by atoms with Crippen LogP contribution in [0.2, 0.25) is 0 Å². The molecule has 2 aliphatic heterocycles. The van der Waals surface area contributed by atoms with Crippen molar-refractivity contribution in [1.29, 1.82) is 0 Å². The highest BCUT2D eigenvalue weighted by atomic mass is 16.5. The number of piperidine rings is 1. The molecule has 0 spiro atoms. The Balaban J connectivity index is 1.36. The largest absolute Gasteiger partial charge is 0.457 e. The van der Waals surface area contributed by atoms with Crippen molar-refractivity contribution in [3.8, 4) is 11.5 Å². The van der Waals surface area contributed by atoms with Crippen molar-refractivity contribution in [2.75, 3.05) is 19.6 Å².